The summed E-state index contributed by atoms with van der Waals surface area (Å²) < 4.78 is 59.6. The molecule has 0 aliphatic carbocycles. The smallest absolute Gasteiger partial charge is 0.393 e. The van der Waals surface area contributed by atoms with Gasteiger partial charge in [-0.05, 0) is 81.5 Å². The van der Waals surface area contributed by atoms with Crippen LogP contribution in [0.4, 0.5) is 24.5 Å². The molecular weight excluding hydrogens is 558 g/mol. The molecule has 3 aromatic rings. The first-order valence-electron chi connectivity index (χ1n) is 13.2. The third-order valence-electron chi connectivity index (χ3n) is 6.78. The summed E-state index contributed by atoms with van der Waals surface area (Å²) in [6, 6.07) is 10.9. The van der Waals surface area contributed by atoms with E-state index in [1.807, 2.05) is 6.07 Å². The summed E-state index contributed by atoms with van der Waals surface area (Å²) in [4.78, 5) is 2.67. The molecule has 0 amide bonds. The molecule has 0 radical (unpaired) electrons. The van der Waals surface area contributed by atoms with E-state index in [0.29, 0.717) is 27.0 Å². The lowest BCUT2D eigenvalue weighted by molar-refractivity contribution is -0.126. The van der Waals surface area contributed by atoms with E-state index >= 15 is 0 Å². The summed E-state index contributed by atoms with van der Waals surface area (Å²) in [5, 5.41) is 17.1. The summed E-state index contributed by atoms with van der Waals surface area (Å²) >= 11 is 1.29. The molecule has 1 saturated heterocycles. The number of aliphatic hydroxyl groups is 1. The van der Waals surface area contributed by atoms with Gasteiger partial charge in [0.15, 0.2) is 0 Å². The van der Waals surface area contributed by atoms with Gasteiger partial charge in [0.2, 0.25) is 0 Å². The van der Waals surface area contributed by atoms with Gasteiger partial charge in [0, 0.05) is 11.3 Å². The summed E-state index contributed by atoms with van der Waals surface area (Å²) in [7, 11) is -0.432. The van der Waals surface area contributed by atoms with E-state index in [9.17, 15) is 17.7 Å². The van der Waals surface area contributed by atoms with Crippen LogP contribution < -0.4 is 20.7 Å². The maximum absolute atomic E-state index is 13.6. The van der Waals surface area contributed by atoms with Gasteiger partial charge in [-0.1, -0.05) is 24.0 Å². The van der Waals surface area contributed by atoms with Crippen molar-refractivity contribution in [3.8, 4) is 17.6 Å². The molecule has 1 aliphatic heterocycles. The van der Waals surface area contributed by atoms with Gasteiger partial charge in [-0.3, -0.25) is 0 Å². The standard InChI is InChI=1S/C29H35F3N3O3PS/c1-35-14-11-20(12-15-35)34-25-7-4-6-22-23(19-29(30,31)32)27(40-28(22)25)8-5-13-33-24-10-9-21(39(2,3)37)18-26(24)38-17-16-36/h4,6-7,9-10,18,20,33-34,36H,11-17,19H2,1-3H3. The monoisotopic (exact) mass is 593 g/mol. The summed E-state index contributed by atoms with van der Waals surface area (Å²) in [5.74, 6) is 6.38. The average Bonchev–Trinajstić information content (AvgIpc) is 3.23. The second-order valence-electron chi connectivity index (χ2n) is 10.4. The van der Waals surface area contributed by atoms with Crippen LogP contribution in [-0.2, 0) is 11.0 Å². The molecule has 216 valence electrons. The number of benzene rings is 2. The van der Waals surface area contributed by atoms with Crippen molar-refractivity contribution in [3.05, 3.63) is 46.8 Å². The van der Waals surface area contributed by atoms with Crippen LogP contribution in [0.5, 0.6) is 5.75 Å². The van der Waals surface area contributed by atoms with E-state index in [2.05, 4.69) is 34.4 Å². The van der Waals surface area contributed by atoms with Crippen LogP contribution in [0, 0.1) is 11.8 Å². The number of alkyl halides is 3. The number of anilines is 2. The Labute approximate surface area is 237 Å². The predicted molar refractivity (Wildman–Crippen MR) is 159 cm³/mol. The number of likely N-dealkylation sites (tertiary alicyclic amines) is 1. The van der Waals surface area contributed by atoms with Crippen molar-refractivity contribution in [2.24, 2.45) is 0 Å². The Morgan fingerprint density at radius 2 is 1.93 bits per heavy atom. The molecule has 0 saturated carbocycles. The van der Waals surface area contributed by atoms with Crippen LogP contribution >= 0.6 is 18.5 Å². The minimum Gasteiger partial charge on any atom is -0.489 e. The lowest BCUT2D eigenvalue weighted by atomic mass is 10.0. The molecule has 1 fully saturated rings. The number of hydrogen-bond acceptors (Lipinski definition) is 7. The minimum atomic E-state index is -4.36. The van der Waals surface area contributed by atoms with Crippen molar-refractivity contribution in [2.45, 2.75) is 31.5 Å². The molecule has 0 bridgehead atoms. The van der Waals surface area contributed by atoms with Gasteiger partial charge in [-0.15, -0.1) is 11.3 Å². The number of halogens is 3. The fraction of sp³-hybridized carbons (Fsp3) is 0.448. The number of nitrogens with one attached hydrogen (secondary N) is 2. The fourth-order valence-electron chi connectivity index (χ4n) is 4.66. The average molecular weight is 594 g/mol. The third kappa shape index (κ3) is 7.94. The number of hydrogen-bond donors (Lipinski definition) is 3. The summed E-state index contributed by atoms with van der Waals surface area (Å²) in [6.45, 7) is 5.33. The molecule has 2 aromatic carbocycles. The fourth-order valence-corrected chi connectivity index (χ4v) is 6.70. The van der Waals surface area contributed by atoms with Crippen LogP contribution in [0.2, 0.25) is 0 Å². The van der Waals surface area contributed by atoms with Crippen molar-refractivity contribution in [3.63, 3.8) is 0 Å². The summed E-state index contributed by atoms with van der Waals surface area (Å²) in [5.41, 5.74) is 1.64. The number of fused-ring (bicyclic) bond motifs is 1. The number of piperidine rings is 1. The first-order valence-corrected chi connectivity index (χ1v) is 16.6. The Hall–Kier alpha value is -2.70. The van der Waals surface area contributed by atoms with Crippen LogP contribution in [0.3, 0.4) is 0 Å². The van der Waals surface area contributed by atoms with Crippen LogP contribution in [0.25, 0.3) is 10.1 Å². The van der Waals surface area contributed by atoms with Crippen molar-refractivity contribution < 1.29 is 27.6 Å². The Kier molecular flexibility index (Phi) is 9.73. The zero-order valence-electron chi connectivity index (χ0n) is 22.9. The lowest BCUT2D eigenvalue weighted by Gasteiger charge is -2.30. The van der Waals surface area contributed by atoms with Gasteiger partial charge in [0.05, 0.1) is 40.5 Å². The quantitative estimate of drug-likeness (QED) is 0.222. The molecule has 4 rings (SSSR count). The Bertz CT molecular complexity index is 1430. The van der Waals surface area contributed by atoms with E-state index in [1.165, 1.54) is 11.3 Å². The molecule has 0 spiro atoms. The molecule has 2 heterocycles. The third-order valence-corrected chi connectivity index (χ3v) is 9.50. The van der Waals surface area contributed by atoms with Gasteiger partial charge in [0.25, 0.3) is 0 Å². The van der Waals surface area contributed by atoms with Gasteiger partial charge in [-0.25, -0.2) is 0 Å². The molecule has 3 N–H and O–H groups in total. The Balaban J connectivity index is 1.59. The SMILES string of the molecule is CN1CCC(Nc2cccc3c(CC(F)(F)F)c(C#CCNc4ccc(P(C)(C)=O)cc4OCCO)sc23)CC1. The van der Waals surface area contributed by atoms with E-state index in [4.69, 9.17) is 9.84 Å². The molecule has 0 atom stereocenters. The van der Waals surface area contributed by atoms with Gasteiger partial charge in [0.1, 0.15) is 19.5 Å². The number of ether oxygens (including phenoxy) is 1. The molecule has 1 aliphatic rings. The number of rotatable bonds is 9. The first kappa shape index (κ1) is 30.3. The van der Waals surface area contributed by atoms with E-state index in [1.54, 1.807) is 43.7 Å². The molecule has 40 heavy (non-hydrogen) atoms. The summed E-state index contributed by atoms with van der Waals surface area (Å²) in [6.07, 6.45) is -3.45. The van der Waals surface area contributed by atoms with E-state index < -0.39 is 19.7 Å². The highest BCUT2D eigenvalue weighted by Crippen LogP contribution is 2.40. The van der Waals surface area contributed by atoms with Gasteiger partial charge >= 0.3 is 6.18 Å². The topological polar surface area (TPSA) is 73.8 Å². The number of nitrogens with zero attached hydrogens (tertiary/aromatic N) is 1. The maximum Gasteiger partial charge on any atom is 0.393 e. The first-order chi connectivity index (χ1) is 18.9. The number of aliphatic hydroxyl groups excluding tert-OH is 1. The zero-order valence-corrected chi connectivity index (χ0v) is 24.6. The second kappa shape index (κ2) is 12.9. The van der Waals surface area contributed by atoms with Crippen LogP contribution in [0.15, 0.2) is 36.4 Å². The minimum absolute atomic E-state index is 0.0675. The highest BCUT2D eigenvalue weighted by atomic mass is 32.1. The van der Waals surface area contributed by atoms with Crippen LogP contribution in [-0.4, -0.2) is 75.4 Å². The van der Waals surface area contributed by atoms with Crippen molar-refractivity contribution >= 4 is 45.2 Å². The second-order valence-corrected chi connectivity index (χ2v) is 14.6. The van der Waals surface area contributed by atoms with E-state index in [-0.39, 0.29) is 31.4 Å². The maximum atomic E-state index is 13.6. The van der Waals surface area contributed by atoms with Crippen molar-refractivity contribution in [1.29, 1.82) is 0 Å². The van der Waals surface area contributed by atoms with Gasteiger partial charge in [-0.2, -0.15) is 13.2 Å². The molecule has 0 unspecified atom stereocenters. The molecular formula is C29H35F3N3O3PS. The largest absolute Gasteiger partial charge is 0.489 e. The highest BCUT2D eigenvalue weighted by molar-refractivity contribution is 7.70. The molecule has 11 heteroatoms. The Morgan fingerprint density at radius 1 is 1.18 bits per heavy atom. The molecule has 1 aromatic heterocycles. The highest BCUT2D eigenvalue weighted by Gasteiger charge is 2.31. The van der Waals surface area contributed by atoms with E-state index in [0.717, 1.165) is 36.3 Å². The molecule has 6 nitrogen and oxygen atoms in total. The predicted octanol–water partition coefficient (Wildman–Crippen LogP) is 5.59. The Morgan fingerprint density at radius 3 is 2.60 bits per heavy atom. The van der Waals surface area contributed by atoms with Crippen molar-refractivity contribution in [2.75, 3.05) is 63.9 Å². The lowest BCUT2D eigenvalue weighted by Crippen LogP contribution is -2.36. The zero-order chi connectivity index (χ0) is 28.9. The normalized spacial score (nSPS) is 15.1. The number of thiophene rings is 1. The van der Waals surface area contributed by atoms with Crippen LogP contribution in [0.1, 0.15) is 23.3 Å². The van der Waals surface area contributed by atoms with Crippen molar-refractivity contribution in [1.82, 2.24) is 4.90 Å². The van der Waals surface area contributed by atoms with Gasteiger partial charge < -0.3 is 29.9 Å².